The quantitative estimate of drug-likeness (QED) is 0.750. The molecule has 0 radical (unpaired) electrons. The molecular weight excluding hydrogens is 190 g/mol. The van der Waals surface area contributed by atoms with Crippen LogP contribution in [0.25, 0.3) is 5.69 Å². The highest BCUT2D eigenvalue weighted by Crippen LogP contribution is 2.18. The molecule has 0 aliphatic carbocycles. The zero-order valence-corrected chi connectivity index (χ0v) is 8.34. The fraction of sp³-hybridized carbons (Fsp3) is 0.0909. The third-order valence-electron chi connectivity index (χ3n) is 2.26. The lowest BCUT2D eigenvalue weighted by Gasteiger charge is -2.02. The molecule has 0 fully saturated rings. The summed E-state index contributed by atoms with van der Waals surface area (Å²) in [6.45, 7) is 1.76. The van der Waals surface area contributed by atoms with Gasteiger partial charge in [-0.2, -0.15) is 5.10 Å². The Bertz CT molecular complexity index is 488. The maximum absolute atomic E-state index is 10.8. The van der Waals surface area contributed by atoms with Crippen LogP contribution < -0.4 is 5.73 Å². The molecule has 4 nitrogen and oxygen atoms in total. The molecule has 2 aromatic rings. The number of aromatic nitrogens is 2. The van der Waals surface area contributed by atoms with Crippen LogP contribution in [0.15, 0.2) is 30.3 Å². The van der Waals surface area contributed by atoms with Gasteiger partial charge in [-0.25, -0.2) is 4.68 Å². The molecule has 0 bridgehead atoms. The van der Waals surface area contributed by atoms with Crippen LogP contribution in [-0.4, -0.2) is 16.1 Å². The number of para-hydroxylation sites is 1. The van der Waals surface area contributed by atoms with Gasteiger partial charge in [0.05, 0.1) is 16.9 Å². The van der Waals surface area contributed by atoms with Crippen molar-refractivity contribution >= 4 is 12.1 Å². The lowest BCUT2D eigenvalue weighted by molar-refractivity contribution is 0.112. The number of benzene rings is 1. The smallest absolute Gasteiger partial charge is 0.155 e. The molecule has 0 unspecified atom stereocenters. The Kier molecular flexibility index (Phi) is 2.25. The Morgan fingerprint density at radius 3 is 2.53 bits per heavy atom. The number of hydrogen-bond acceptors (Lipinski definition) is 3. The molecule has 0 aliphatic heterocycles. The number of anilines is 1. The van der Waals surface area contributed by atoms with Gasteiger partial charge < -0.3 is 5.73 Å². The van der Waals surface area contributed by atoms with Gasteiger partial charge in [0, 0.05) is 0 Å². The minimum Gasteiger partial charge on any atom is -0.383 e. The average Bonchev–Trinajstić information content (AvgIpc) is 2.55. The van der Waals surface area contributed by atoms with E-state index < -0.39 is 0 Å². The molecule has 0 saturated heterocycles. The van der Waals surface area contributed by atoms with Crippen LogP contribution in [0.2, 0.25) is 0 Å². The Balaban J connectivity index is 2.60. The van der Waals surface area contributed by atoms with Gasteiger partial charge in [0.25, 0.3) is 0 Å². The van der Waals surface area contributed by atoms with E-state index in [1.165, 1.54) is 0 Å². The summed E-state index contributed by atoms with van der Waals surface area (Å²) in [6, 6.07) is 9.48. The number of nitrogen functional groups attached to an aromatic ring is 1. The van der Waals surface area contributed by atoms with E-state index in [2.05, 4.69) is 5.10 Å². The second kappa shape index (κ2) is 3.57. The molecule has 2 N–H and O–H groups in total. The number of carbonyl (C=O) groups excluding carboxylic acids is 1. The summed E-state index contributed by atoms with van der Waals surface area (Å²) in [6.07, 6.45) is 0.733. The number of carbonyl (C=O) groups is 1. The SMILES string of the molecule is Cc1nn(-c2ccccc2)c(N)c1C=O. The Morgan fingerprint density at radius 1 is 1.33 bits per heavy atom. The zero-order chi connectivity index (χ0) is 10.8. The van der Waals surface area contributed by atoms with Gasteiger partial charge in [-0.05, 0) is 19.1 Å². The van der Waals surface area contributed by atoms with E-state index in [9.17, 15) is 4.79 Å². The predicted octanol–water partition coefficient (Wildman–Crippen LogP) is 1.58. The summed E-state index contributed by atoms with van der Waals surface area (Å²) in [5.41, 5.74) is 7.77. The molecule has 1 aromatic carbocycles. The molecule has 4 heteroatoms. The molecule has 0 amide bonds. The first-order chi connectivity index (χ1) is 7.24. The second-order valence-corrected chi connectivity index (χ2v) is 3.25. The molecule has 1 heterocycles. The fourth-order valence-corrected chi connectivity index (χ4v) is 1.47. The minimum absolute atomic E-state index is 0.383. The van der Waals surface area contributed by atoms with Crippen LogP contribution in [0.5, 0.6) is 0 Å². The number of rotatable bonds is 2. The van der Waals surface area contributed by atoms with Gasteiger partial charge >= 0.3 is 0 Å². The van der Waals surface area contributed by atoms with Crippen LogP contribution in [0, 0.1) is 6.92 Å². The van der Waals surface area contributed by atoms with Crippen molar-refractivity contribution in [3.63, 3.8) is 0 Å². The van der Waals surface area contributed by atoms with Gasteiger partial charge in [-0.3, -0.25) is 4.79 Å². The van der Waals surface area contributed by atoms with Crippen molar-refractivity contribution in [2.75, 3.05) is 5.73 Å². The maximum atomic E-state index is 10.8. The summed E-state index contributed by atoms with van der Waals surface area (Å²) >= 11 is 0. The Labute approximate surface area is 87.3 Å². The van der Waals surface area contributed by atoms with E-state index in [0.29, 0.717) is 17.1 Å². The van der Waals surface area contributed by atoms with E-state index in [1.54, 1.807) is 11.6 Å². The van der Waals surface area contributed by atoms with Crippen molar-refractivity contribution in [2.24, 2.45) is 0 Å². The van der Waals surface area contributed by atoms with Crippen molar-refractivity contribution in [1.29, 1.82) is 0 Å². The van der Waals surface area contributed by atoms with Crippen LogP contribution in [-0.2, 0) is 0 Å². The van der Waals surface area contributed by atoms with E-state index in [1.807, 2.05) is 30.3 Å². The van der Waals surface area contributed by atoms with E-state index in [4.69, 9.17) is 5.73 Å². The lowest BCUT2D eigenvalue weighted by Crippen LogP contribution is -2.02. The monoisotopic (exact) mass is 201 g/mol. The summed E-state index contributed by atoms with van der Waals surface area (Å²) in [4.78, 5) is 10.8. The Hall–Kier alpha value is -2.10. The third-order valence-corrected chi connectivity index (χ3v) is 2.26. The van der Waals surface area contributed by atoms with E-state index in [0.717, 1.165) is 12.0 Å². The standard InChI is InChI=1S/C11H11N3O/c1-8-10(7-15)11(12)14(13-8)9-5-3-2-4-6-9/h2-7H,12H2,1H3. The third kappa shape index (κ3) is 1.50. The fourth-order valence-electron chi connectivity index (χ4n) is 1.47. The maximum Gasteiger partial charge on any atom is 0.155 e. The zero-order valence-electron chi connectivity index (χ0n) is 8.34. The first kappa shape index (κ1) is 9.45. The molecule has 1 aromatic heterocycles. The van der Waals surface area contributed by atoms with Crippen molar-refractivity contribution in [3.05, 3.63) is 41.6 Å². The van der Waals surface area contributed by atoms with Crippen LogP contribution in [0.1, 0.15) is 16.1 Å². The lowest BCUT2D eigenvalue weighted by atomic mass is 10.2. The molecular formula is C11H11N3O. The molecule has 15 heavy (non-hydrogen) atoms. The predicted molar refractivity (Wildman–Crippen MR) is 58.1 cm³/mol. The largest absolute Gasteiger partial charge is 0.383 e. The Morgan fingerprint density at radius 2 is 2.00 bits per heavy atom. The van der Waals surface area contributed by atoms with Crippen molar-refractivity contribution in [2.45, 2.75) is 6.92 Å². The number of nitrogens with two attached hydrogens (primary N) is 1. The molecule has 0 spiro atoms. The van der Waals surface area contributed by atoms with Crippen LogP contribution >= 0.6 is 0 Å². The molecule has 2 rings (SSSR count). The average molecular weight is 201 g/mol. The summed E-state index contributed by atoms with van der Waals surface area (Å²) < 4.78 is 1.57. The first-order valence-electron chi connectivity index (χ1n) is 4.59. The van der Waals surface area contributed by atoms with Gasteiger partial charge in [-0.15, -0.1) is 0 Å². The summed E-state index contributed by atoms with van der Waals surface area (Å²) in [7, 11) is 0. The second-order valence-electron chi connectivity index (χ2n) is 3.25. The number of aldehydes is 1. The van der Waals surface area contributed by atoms with Gasteiger partial charge in [0.1, 0.15) is 5.82 Å². The summed E-state index contributed by atoms with van der Waals surface area (Å²) in [5, 5.41) is 4.21. The van der Waals surface area contributed by atoms with Crippen LogP contribution in [0.4, 0.5) is 5.82 Å². The van der Waals surface area contributed by atoms with Gasteiger partial charge in [0.2, 0.25) is 0 Å². The van der Waals surface area contributed by atoms with E-state index >= 15 is 0 Å². The van der Waals surface area contributed by atoms with Crippen molar-refractivity contribution < 1.29 is 4.79 Å². The molecule has 0 saturated carbocycles. The van der Waals surface area contributed by atoms with Crippen molar-refractivity contribution in [1.82, 2.24) is 9.78 Å². The van der Waals surface area contributed by atoms with Crippen molar-refractivity contribution in [3.8, 4) is 5.69 Å². The van der Waals surface area contributed by atoms with Gasteiger partial charge in [-0.1, -0.05) is 18.2 Å². The number of aryl methyl sites for hydroxylation is 1. The minimum atomic E-state index is 0.383. The number of nitrogens with zero attached hydrogens (tertiary/aromatic N) is 2. The topological polar surface area (TPSA) is 60.9 Å². The van der Waals surface area contributed by atoms with Gasteiger partial charge in [0.15, 0.2) is 6.29 Å². The number of hydrogen-bond donors (Lipinski definition) is 1. The highest BCUT2D eigenvalue weighted by Gasteiger charge is 2.11. The normalized spacial score (nSPS) is 10.2. The summed E-state index contributed by atoms with van der Waals surface area (Å²) in [5.74, 6) is 0.383. The molecule has 0 aliphatic rings. The van der Waals surface area contributed by atoms with E-state index in [-0.39, 0.29) is 0 Å². The molecule has 0 atom stereocenters. The highest BCUT2D eigenvalue weighted by atomic mass is 16.1. The highest BCUT2D eigenvalue weighted by molar-refractivity contribution is 5.84. The van der Waals surface area contributed by atoms with Crippen LogP contribution in [0.3, 0.4) is 0 Å². The first-order valence-corrected chi connectivity index (χ1v) is 4.59. The molecule has 76 valence electrons.